The Labute approximate surface area is 525 Å². The molecule has 0 heteroatoms. The highest BCUT2D eigenvalue weighted by atomic mass is 14.4. The average molecular weight is 1140 g/mol. The molecule has 0 nitrogen and oxygen atoms in total. The van der Waals surface area contributed by atoms with Crippen LogP contribution in [0.25, 0.3) is 165 Å². The van der Waals surface area contributed by atoms with Gasteiger partial charge in [0, 0.05) is 10.8 Å². The van der Waals surface area contributed by atoms with Crippen molar-refractivity contribution in [3.05, 3.63) is 326 Å². The van der Waals surface area contributed by atoms with Gasteiger partial charge in [-0.25, -0.2) is 0 Å². The van der Waals surface area contributed by atoms with Crippen molar-refractivity contribution < 1.29 is 0 Å². The van der Waals surface area contributed by atoms with Gasteiger partial charge in [-0.3, -0.25) is 0 Å². The van der Waals surface area contributed by atoms with Gasteiger partial charge in [-0.1, -0.05) is 307 Å². The molecule has 422 valence electrons. The van der Waals surface area contributed by atoms with E-state index in [1.54, 1.807) is 0 Å². The third-order valence-corrected chi connectivity index (χ3v) is 20.7. The first-order valence-electron chi connectivity index (χ1n) is 31.8. The Morgan fingerprint density at radius 2 is 0.344 bits per heavy atom. The van der Waals surface area contributed by atoms with Crippen LogP contribution in [0, 0.1) is 0 Å². The largest absolute Gasteiger partial charge is 0.0622 e. The molecule has 90 heavy (non-hydrogen) atoms. The maximum absolute atomic E-state index is 2.52. The highest BCUT2D eigenvalue weighted by Gasteiger charge is 2.39. The van der Waals surface area contributed by atoms with Gasteiger partial charge in [0.05, 0.1) is 0 Å². The molecule has 16 aromatic carbocycles. The van der Waals surface area contributed by atoms with E-state index in [1.165, 1.54) is 187 Å². The summed E-state index contributed by atoms with van der Waals surface area (Å²) in [7, 11) is 0. The molecule has 0 saturated heterocycles. The zero-order chi connectivity index (χ0) is 60.0. The smallest absolute Gasteiger partial charge is 0.0159 e. The van der Waals surface area contributed by atoms with Gasteiger partial charge in [0.15, 0.2) is 0 Å². The lowest BCUT2D eigenvalue weighted by Crippen LogP contribution is -2.15. The van der Waals surface area contributed by atoms with Gasteiger partial charge in [-0.15, -0.1) is 0 Å². The van der Waals surface area contributed by atoms with Gasteiger partial charge in [0.1, 0.15) is 0 Å². The minimum absolute atomic E-state index is 0.230. The van der Waals surface area contributed by atoms with E-state index in [2.05, 4.69) is 331 Å². The van der Waals surface area contributed by atoms with Crippen LogP contribution in [0.1, 0.15) is 49.9 Å². The highest BCUT2D eigenvalue weighted by molar-refractivity contribution is 6.30. The molecule has 2 aliphatic rings. The van der Waals surface area contributed by atoms with Crippen LogP contribution < -0.4 is 0 Å². The van der Waals surface area contributed by atoms with Crippen LogP contribution in [0.15, 0.2) is 303 Å². The lowest BCUT2D eigenvalue weighted by Gasteiger charge is -2.24. The van der Waals surface area contributed by atoms with E-state index in [0.29, 0.717) is 0 Å². The van der Waals surface area contributed by atoms with E-state index >= 15 is 0 Å². The third kappa shape index (κ3) is 7.68. The van der Waals surface area contributed by atoms with Crippen LogP contribution >= 0.6 is 0 Å². The van der Waals surface area contributed by atoms with Crippen molar-refractivity contribution >= 4 is 64.6 Å². The summed E-state index contributed by atoms with van der Waals surface area (Å²) in [6.45, 7) is 9.72. The fourth-order valence-electron chi connectivity index (χ4n) is 16.4. The normalized spacial score (nSPS) is 13.5. The quantitative estimate of drug-likeness (QED) is 0.140. The van der Waals surface area contributed by atoms with Crippen LogP contribution in [0.2, 0.25) is 0 Å². The molecule has 0 spiro atoms. The Morgan fingerprint density at radius 1 is 0.156 bits per heavy atom. The summed E-state index contributed by atoms with van der Waals surface area (Å²) in [4.78, 5) is 0. The van der Waals surface area contributed by atoms with E-state index in [-0.39, 0.29) is 10.8 Å². The van der Waals surface area contributed by atoms with E-state index < -0.39 is 0 Å². The van der Waals surface area contributed by atoms with Crippen LogP contribution in [0.3, 0.4) is 0 Å². The molecule has 0 atom stereocenters. The summed E-state index contributed by atoms with van der Waals surface area (Å²) in [6.07, 6.45) is 0. The van der Waals surface area contributed by atoms with Crippen molar-refractivity contribution in [2.45, 2.75) is 38.5 Å². The first kappa shape index (κ1) is 52.2. The maximum atomic E-state index is 2.52. The monoisotopic (exact) mass is 1140 g/mol. The number of rotatable bonds is 7. The van der Waals surface area contributed by atoms with Gasteiger partial charge in [-0.05, 0) is 211 Å². The molecule has 16 aromatic rings. The molecule has 0 amide bonds. The lowest BCUT2D eigenvalue weighted by molar-refractivity contribution is 0.660. The van der Waals surface area contributed by atoms with Crippen LogP contribution in [0.4, 0.5) is 0 Å². The second-order valence-corrected chi connectivity index (χ2v) is 26.1. The Kier molecular flexibility index (Phi) is 11.5. The van der Waals surface area contributed by atoms with Gasteiger partial charge in [-0.2, -0.15) is 0 Å². The van der Waals surface area contributed by atoms with Crippen molar-refractivity contribution in [1.82, 2.24) is 0 Å². The molecule has 2 aliphatic carbocycles. The summed E-state index contributed by atoms with van der Waals surface area (Å²) in [5.41, 5.74) is 27.9. The minimum Gasteiger partial charge on any atom is -0.0622 e. The topological polar surface area (TPSA) is 0 Å². The van der Waals surface area contributed by atoms with E-state index in [9.17, 15) is 0 Å². The number of hydrogen-bond donors (Lipinski definition) is 0. The second kappa shape index (κ2) is 19.8. The summed E-state index contributed by atoms with van der Waals surface area (Å²) < 4.78 is 0. The third-order valence-electron chi connectivity index (χ3n) is 20.7. The second-order valence-electron chi connectivity index (χ2n) is 26.1. The molecule has 0 radical (unpaired) electrons. The SMILES string of the molecule is CC1(C)c2cc(-c3ccc4c(c3)C(C)(C)c3cc(-c5c6ccccc6c(-c6c7ccccc7c(-c7ccccc7)c7ccccc67)c6ccccc56)ccc3-4)ccc2-c2ccc(-c3c4ccccc4c(-c4ccc(-c5ccccc5)cc4)c4ccccc34)cc21. The fourth-order valence-corrected chi connectivity index (χ4v) is 16.4. The minimum atomic E-state index is -0.247. The standard InChI is InChI=1S/C90H62/c1-89(2)79-51-59(43-47-63(79)65-49-45-61(53-81(65)89)85-69-29-13-11-27-67(69)84(68-28-12-14-30-70(68)85)58-41-39-56(40-42-58)55-23-7-5-8-24-55)60-44-48-64-66-50-46-62(54-82(66)90(3,4)80(64)52-60)86-73-33-17-21-37-77(73)88(78-38-22-18-34-74(78)86)87-75-35-19-15-31-71(75)83(57-25-9-6-10-26-57)72-32-16-20-36-76(72)87/h5-54H,1-4H3. The molecule has 0 aromatic heterocycles. The van der Waals surface area contributed by atoms with Gasteiger partial charge in [0.2, 0.25) is 0 Å². The summed E-state index contributed by atoms with van der Waals surface area (Å²) in [5.74, 6) is 0. The molecule has 0 unspecified atom stereocenters. The fraction of sp³-hybridized carbons (Fsp3) is 0.0667. The predicted octanol–water partition coefficient (Wildman–Crippen LogP) is 24.9. The number of benzene rings is 16. The Balaban J connectivity index is 0.707. The van der Waals surface area contributed by atoms with E-state index in [0.717, 1.165) is 0 Å². The Hall–Kier alpha value is -10.9. The molecule has 0 aliphatic heterocycles. The van der Waals surface area contributed by atoms with Crippen LogP contribution in [0.5, 0.6) is 0 Å². The summed E-state index contributed by atoms with van der Waals surface area (Å²) in [6, 6.07) is 114. The van der Waals surface area contributed by atoms with Gasteiger partial charge >= 0.3 is 0 Å². The average Bonchev–Trinajstić information content (AvgIpc) is 1.13. The number of hydrogen-bond acceptors (Lipinski definition) is 0. The van der Waals surface area contributed by atoms with Crippen LogP contribution in [-0.2, 0) is 10.8 Å². The molecule has 0 saturated carbocycles. The predicted molar refractivity (Wildman–Crippen MR) is 385 cm³/mol. The highest BCUT2D eigenvalue weighted by Crippen LogP contribution is 2.56. The van der Waals surface area contributed by atoms with Crippen molar-refractivity contribution in [2.75, 3.05) is 0 Å². The van der Waals surface area contributed by atoms with Gasteiger partial charge in [0.25, 0.3) is 0 Å². The Bertz CT molecular complexity index is 5510. The van der Waals surface area contributed by atoms with E-state index in [1.807, 2.05) is 0 Å². The molecule has 0 heterocycles. The van der Waals surface area contributed by atoms with E-state index in [4.69, 9.17) is 0 Å². The molecule has 18 rings (SSSR count). The van der Waals surface area contributed by atoms with Gasteiger partial charge < -0.3 is 0 Å². The zero-order valence-corrected chi connectivity index (χ0v) is 50.9. The zero-order valence-electron chi connectivity index (χ0n) is 50.9. The first-order chi connectivity index (χ1) is 44.2. The van der Waals surface area contributed by atoms with Crippen molar-refractivity contribution in [2.24, 2.45) is 0 Å². The molecule has 0 bridgehead atoms. The van der Waals surface area contributed by atoms with Crippen molar-refractivity contribution in [3.8, 4) is 100 Å². The lowest BCUT2D eigenvalue weighted by atomic mass is 9.78. The maximum Gasteiger partial charge on any atom is 0.0159 e. The van der Waals surface area contributed by atoms with Crippen LogP contribution in [-0.4, -0.2) is 0 Å². The summed E-state index contributed by atoms with van der Waals surface area (Å²) in [5, 5.41) is 15.2. The Morgan fingerprint density at radius 3 is 0.644 bits per heavy atom. The number of fused-ring (bicyclic) bond motifs is 12. The molecule has 0 fully saturated rings. The molecular weight excluding hydrogens is 1080 g/mol. The molecular formula is C90H62. The van der Waals surface area contributed by atoms with Crippen molar-refractivity contribution in [3.63, 3.8) is 0 Å². The van der Waals surface area contributed by atoms with Crippen molar-refractivity contribution in [1.29, 1.82) is 0 Å². The molecule has 0 N–H and O–H groups in total. The first-order valence-corrected chi connectivity index (χ1v) is 31.8. The summed E-state index contributed by atoms with van der Waals surface area (Å²) >= 11 is 0.